The zero-order valence-electron chi connectivity index (χ0n) is 16.7. The molecule has 0 saturated carbocycles. The number of benzene rings is 1. The molecule has 0 unspecified atom stereocenters. The van der Waals surface area contributed by atoms with Crippen LogP contribution in [-0.4, -0.2) is 59.1 Å². The van der Waals surface area contributed by atoms with Crippen LogP contribution in [0.5, 0.6) is 0 Å². The lowest BCUT2D eigenvalue weighted by Crippen LogP contribution is -2.50. The van der Waals surface area contributed by atoms with Gasteiger partial charge in [-0.15, -0.1) is 11.3 Å². The number of fused-ring (bicyclic) bond motifs is 2. The molecule has 0 spiro atoms. The number of rotatable bonds is 4. The van der Waals surface area contributed by atoms with Gasteiger partial charge < -0.3 is 4.90 Å². The van der Waals surface area contributed by atoms with E-state index in [1.54, 1.807) is 11.0 Å². The van der Waals surface area contributed by atoms with Crippen molar-refractivity contribution in [3.8, 4) is 0 Å². The van der Waals surface area contributed by atoms with Crippen molar-refractivity contribution in [3.05, 3.63) is 52.8 Å². The molecule has 5 rings (SSSR count). The van der Waals surface area contributed by atoms with Gasteiger partial charge in [0, 0.05) is 44.0 Å². The van der Waals surface area contributed by atoms with Crippen molar-refractivity contribution in [2.45, 2.75) is 37.0 Å². The van der Waals surface area contributed by atoms with Crippen molar-refractivity contribution in [1.29, 1.82) is 0 Å². The van der Waals surface area contributed by atoms with Gasteiger partial charge in [-0.25, -0.2) is 13.4 Å². The average molecular weight is 445 g/mol. The SMILES string of the molecule is O=C(Cc1cn2ccsc2n1)N1CCN(S(=O)(=O)c2ccc3c(c2)CCCC3)CC1. The Morgan fingerprint density at radius 2 is 1.83 bits per heavy atom. The summed E-state index contributed by atoms with van der Waals surface area (Å²) in [7, 11) is -3.53. The van der Waals surface area contributed by atoms with E-state index in [-0.39, 0.29) is 12.3 Å². The van der Waals surface area contributed by atoms with Gasteiger partial charge in [-0.05, 0) is 48.9 Å². The highest BCUT2D eigenvalue weighted by Gasteiger charge is 2.31. The van der Waals surface area contributed by atoms with E-state index in [2.05, 4.69) is 4.98 Å². The third-order valence-electron chi connectivity index (χ3n) is 6.02. The Hall–Kier alpha value is -2.23. The predicted octanol–water partition coefficient (Wildman–Crippen LogP) is 2.35. The third kappa shape index (κ3) is 3.66. The maximum absolute atomic E-state index is 13.1. The van der Waals surface area contributed by atoms with Crippen LogP contribution in [0.1, 0.15) is 29.7 Å². The summed E-state index contributed by atoms with van der Waals surface area (Å²) in [5.74, 6) is -0.00779. The number of piperazine rings is 1. The summed E-state index contributed by atoms with van der Waals surface area (Å²) in [6.07, 6.45) is 8.31. The molecule has 1 aliphatic heterocycles. The molecule has 158 valence electrons. The number of nitrogens with zero attached hydrogens (tertiary/aromatic N) is 4. The van der Waals surface area contributed by atoms with E-state index in [0.717, 1.165) is 35.5 Å². The summed E-state index contributed by atoms with van der Waals surface area (Å²) < 4.78 is 29.7. The summed E-state index contributed by atoms with van der Waals surface area (Å²) in [6, 6.07) is 5.56. The number of sulfonamides is 1. The molecule has 9 heteroatoms. The van der Waals surface area contributed by atoms with Gasteiger partial charge in [0.25, 0.3) is 0 Å². The van der Waals surface area contributed by atoms with Crippen LogP contribution < -0.4 is 0 Å². The first-order valence-corrected chi connectivity index (χ1v) is 12.6. The Morgan fingerprint density at radius 3 is 2.60 bits per heavy atom. The fourth-order valence-corrected chi connectivity index (χ4v) is 6.52. The van der Waals surface area contributed by atoms with Crippen LogP contribution in [0.15, 0.2) is 40.9 Å². The van der Waals surface area contributed by atoms with E-state index in [0.29, 0.717) is 31.1 Å². The highest BCUT2D eigenvalue weighted by atomic mass is 32.2. The van der Waals surface area contributed by atoms with Gasteiger partial charge in [0.15, 0.2) is 4.96 Å². The monoisotopic (exact) mass is 444 g/mol. The highest BCUT2D eigenvalue weighted by Crippen LogP contribution is 2.26. The highest BCUT2D eigenvalue weighted by molar-refractivity contribution is 7.89. The smallest absolute Gasteiger partial charge is 0.243 e. The van der Waals surface area contributed by atoms with Crippen molar-refractivity contribution in [2.24, 2.45) is 0 Å². The van der Waals surface area contributed by atoms with E-state index < -0.39 is 10.0 Å². The van der Waals surface area contributed by atoms with Crippen LogP contribution in [0.2, 0.25) is 0 Å². The molecular weight excluding hydrogens is 420 g/mol. The first-order valence-electron chi connectivity index (χ1n) is 10.3. The number of amides is 1. The van der Waals surface area contributed by atoms with E-state index in [4.69, 9.17) is 0 Å². The van der Waals surface area contributed by atoms with Crippen LogP contribution in [0.4, 0.5) is 0 Å². The number of hydrogen-bond donors (Lipinski definition) is 0. The van der Waals surface area contributed by atoms with Crippen LogP contribution >= 0.6 is 11.3 Å². The van der Waals surface area contributed by atoms with Gasteiger partial charge in [0.1, 0.15) is 0 Å². The Morgan fingerprint density at radius 1 is 1.07 bits per heavy atom. The lowest BCUT2D eigenvalue weighted by molar-refractivity contribution is -0.131. The lowest BCUT2D eigenvalue weighted by atomic mass is 9.92. The van der Waals surface area contributed by atoms with Gasteiger partial charge in [0.2, 0.25) is 15.9 Å². The standard InChI is InChI=1S/C21H24N4O3S2/c26-20(14-18-15-24-11-12-29-21(24)22-18)23-7-9-25(10-8-23)30(27,28)19-6-5-16-3-1-2-4-17(16)13-19/h5-6,11-13,15H,1-4,7-10,14H2. The molecule has 0 radical (unpaired) electrons. The Balaban J connectivity index is 1.23. The van der Waals surface area contributed by atoms with Gasteiger partial charge in [-0.1, -0.05) is 6.07 Å². The molecule has 30 heavy (non-hydrogen) atoms. The molecular formula is C21H24N4O3S2. The molecule has 1 aromatic carbocycles. The molecule has 1 amide bonds. The number of aromatic nitrogens is 2. The molecule has 1 aliphatic carbocycles. The molecule has 7 nitrogen and oxygen atoms in total. The third-order valence-corrected chi connectivity index (χ3v) is 8.69. The molecule has 0 bridgehead atoms. The lowest BCUT2D eigenvalue weighted by Gasteiger charge is -2.34. The van der Waals surface area contributed by atoms with Crippen LogP contribution in [0, 0.1) is 0 Å². The second kappa shape index (κ2) is 7.79. The predicted molar refractivity (Wildman–Crippen MR) is 115 cm³/mol. The van der Waals surface area contributed by atoms with Crippen molar-refractivity contribution in [1.82, 2.24) is 18.6 Å². The van der Waals surface area contributed by atoms with E-state index >= 15 is 0 Å². The summed E-state index contributed by atoms with van der Waals surface area (Å²) in [6.45, 7) is 1.46. The first-order chi connectivity index (χ1) is 14.5. The van der Waals surface area contributed by atoms with E-state index in [1.165, 1.54) is 27.6 Å². The molecule has 3 heterocycles. The number of carbonyl (C=O) groups excluding carboxylic acids is 1. The maximum Gasteiger partial charge on any atom is 0.243 e. The quantitative estimate of drug-likeness (QED) is 0.619. The molecule has 1 fully saturated rings. The van der Waals surface area contributed by atoms with Crippen molar-refractivity contribution in [3.63, 3.8) is 0 Å². The van der Waals surface area contributed by atoms with Crippen LogP contribution in [0.3, 0.4) is 0 Å². The normalized spacial score (nSPS) is 17.9. The number of imidazole rings is 1. The number of hydrogen-bond acceptors (Lipinski definition) is 5. The minimum absolute atomic E-state index is 0.00779. The Kier molecular flexibility index (Phi) is 5.12. The maximum atomic E-state index is 13.1. The number of carbonyl (C=O) groups is 1. The van der Waals surface area contributed by atoms with Crippen molar-refractivity contribution >= 4 is 32.2 Å². The van der Waals surface area contributed by atoms with Crippen molar-refractivity contribution in [2.75, 3.05) is 26.2 Å². The summed E-state index contributed by atoms with van der Waals surface area (Å²) >= 11 is 1.53. The largest absolute Gasteiger partial charge is 0.340 e. The fraction of sp³-hybridized carbons (Fsp3) is 0.429. The molecule has 0 N–H and O–H groups in total. The summed E-state index contributed by atoms with van der Waals surface area (Å²) in [4.78, 5) is 20.1. The van der Waals surface area contributed by atoms with Gasteiger partial charge in [-0.2, -0.15) is 4.31 Å². The molecule has 1 saturated heterocycles. The topological polar surface area (TPSA) is 75.0 Å². The van der Waals surface area contributed by atoms with E-state index in [1.807, 2.05) is 34.3 Å². The zero-order valence-corrected chi connectivity index (χ0v) is 18.3. The molecule has 0 atom stereocenters. The Labute approximate surface area is 180 Å². The zero-order chi connectivity index (χ0) is 20.7. The minimum Gasteiger partial charge on any atom is -0.340 e. The molecule has 2 aromatic heterocycles. The van der Waals surface area contributed by atoms with Gasteiger partial charge in [-0.3, -0.25) is 9.20 Å². The second-order valence-corrected chi connectivity index (χ2v) is 10.7. The van der Waals surface area contributed by atoms with Gasteiger partial charge in [0.05, 0.1) is 17.0 Å². The minimum atomic E-state index is -3.53. The average Bonchev–Trinajstić information content (AvgIpc) is 3.35. The van der Waals surface area contributed by atoms with Gasteiger partial charge >= 0.3 is 0 Å². The van der Waals surface area contributed by atoms with Crippen LogP contribution in [-0.2, 0) is 34.1 Å². The second-order valence-electron chi connectivity index (χ2n) is 7.92. The van der Waals surface area contributed by atoms with E-state index in [9.17, 15) is 13.2 Å². The molecule has 2 aliphatic rings. The number of aryl methyl sites for hydroxylation is 2. The fourth-order valence-electron chi connectivity index (χ4n) is 4.33. The summed E-state index contributed by atoms with van der Waals surface area (Å²) in [5, 5.41) is 1.95. The van der Waals surface area contributed by atoms with Crippen molar-refractivity contribution < 1.29 is 13.2 Å². The summed E-state index contributed by atoms with van der Waals surface area (Å²) in [5.41, 5.74) is 3.18. The first kappa shape index (κ1) is 19.7. The molecule has 3 aromatic rings. The Bertz CT molecular complexity index is 1160. The van der Waals surface area contributed by atoms with Crippen LogP contribution in [0.25, 0.3) is 4.96 Å². The number of thiazole rings is 1.